The first-order valence-corrected chi connectivity index (χ1v) is 34.9. The molecule has 3 unspecified atom stereocenters. The second kappa shape index (κ2) is 58.4. The van der Waals surface area contributed by atoms with Crippen molar-refractivity contribution < 1.29 is 32.9 Å². The number of unbranched alkanes of at least 4 members (excludes halogenated alkanes) is 45. The van der Waals surface area contributed by atoms with Crippen LogP contribution in [0.4, 0.5) is 0 Å². The van der Waals surface area contributed by atoms with Crippen molar-refractivity contribution in [3.05, 3.63) is 36.5 Å². The molecule has 0 aliphatic rings. The number of allylic oxidation sites excluding steroid dienone is 5. The Balaban J connectivity index is 3.91. The summed E-state index contributed by atoms with van der Waals surface area (Å²) in [4.78, 5) is 23.3. The monoisotopic (exact) mass is 1090 g/mol. The molecule has 0 saturated carbocycles. The predicted molar refractivity (Wildman–Crippen MR) is 332 cm³/mol. The Morgan fingerprint density at radius 2 is 0.750 bits per heavy atom. The number of phosphoric acid groups is 1. The number of rotatable bonds is 62. The third kappa shape index (κ3) is 60.4. The topological polar surface area (TPSA) is 105 Å². The molecule has 0 aromatic heterocycles. The van der Waals surface area contributed by atoms with E-state index in [0.29, 0.717) is 17.4 Å². The molecule has 3 N–H and O–H groups in total. The van der Waals surface area contributed by atoms with Gasteiger partial charge in [0.2, 0.25) is 5.91 Å². The van der Waals surface area contributed by atoms with E-state index in [-0.39, 0.29) is 19.1 Å². The second-order valence-corrected chi connectivity index (χ2v) is 25.7. The summed E-state index contributed by atoms with van der Waals surface area (Å²) in [6.45, 7) is 4.86. The predicted octanol–water partition coefficient (Wildman–Crippen LogP) is 20.9. The van der Waals surface area contributed by atoms with Crippen LogP contribution in [0.15, 0.2) is 36.5 Å². The maximum atomic E-state index is 13.0. The Kier molecular flexibility index (Phi) is 57.4. The molecule has 450 valence electrons. The van der Waals surface area contributed by atoms with Gasteiger partial charge in [-0.3, -0.25) is 13.8 Å². The van der Waals surface area contributed by atoms with Crippen LogP contribution >= 0.6 is 7.82 Å². The highest BCUT2D eigenvalue weighted by Crippen LogP contribution is 2.43. The molecular weight excluding hydrogens is 960 g/mol. The van der Waals surface area contributed by atoms with Gasteiger partial charge in [-0.05, 0) is 51.4 Å². The molecule has 1 amide bonds. The van der Waals surface area contributed by atoms with Crippen LogP contribution in [-0.4, -0.2) is 73.4 Å². The van der Waals surface area contributed by atoms with Crippen LogP contribution in [0.5, 0.6) is 0 Å². The summed E-state index contributed by atoms with van der Waals surface area (Å²) in [5.41, 5.74) is 0. The van der Waals surface area contributed by atoms with Crippen molar-refractivity contribution >= 4 is 13.7 Å². The number of likely N-dealkylation sites (N-methyl/N-ethyl adjacent to an activating group) is 1. The summed E-state index contributed by atoms with van der Waals surface area (Å²) in [7, 11) is 1.58. The first kappa shape index (κ1) is 74.7. The fourth-order valence-corrected chi connectivity index (χ4v) is 10.9. The summed E-state index contributed by atoms with van der Waals surface area (Å²) in [6.07, 6.45) is 77.2. The Bertz CT molecular complexity index is 1330. The smallest absolute Gasteiger partial charge is 0.387 e. The van der Waals surface area contributed by atoms with Crippen LogP contribution in [0.1, 0.15) is 335 Å². The first-order valence-electron chi connectivity index (χ1n) is 33.4. The molecule has 0 fully saturated rings. The maximum absolute atomic E-state index is 13.0. The molecule has 0 aromatic carbocycles. The van der Waals surface area contributed by atoms with Gasteiger partial charge in [-0.2, -0.15) is 0 Å². The van der Waals surface area contributed by atoms with Crippen LogP contribution < -0.4 is 5.32 Å². The van der Waals surface area contributed by atoms with Crippen molar-refractivity contribution in [2.45, 2.75) is 347 Å². The zero-order valence-corrected chi connectivity index (χ0v) is 52.4. The third-order valence-corrected chi connectivity index (χ3v) is 16.3. The lowest BCUT2D eigenvalue weighted by Gasteiger charge is -2.25. The van der Waals surface area contributed by atoms with Crippen molar-refractivity contribution in [3.8, 4) is 0 Å². The molecule has 3 atom stereocenters. The van der Waals surface area contributed by atoms with Crippen molar-refractivity contribution in [2.75, 3.05) is 40.9 Å². The van der Waals surface area contributed by atoms with Crippen LogP contribution in [0.25, 0.3) is 0 Å². The number of amides is 1. The van der Waals surface area contributed by atoms with E-state index < -0.39 is 20.0 Å². The van der Waals surface area contributed by atoms with E-state index >= 15 is 0 Å². The number of hydrogen-bond acceptors (Lipinski definition) is 5. The number of aliphatic hydroxyl groups excluding tert-OH is 1. The van der Waals surface area contributed by atoms with Crippen LogP contribution in [-0.2, 0) is 18.4 Å². The van der Waals surface area contributed by atoms with Gasteiger partial charge in [0.25, 0.3) is 0 Å². The van der Waals surface area contributed by atoms with E-state index in [1.165, 1.54) is 270 Å². The maximum Gasteiger partial charge on any atom is 0.472 e. The number of carbonyl (C=O) groups is 1. The lowest BCUT2D eigenvalue weighted by atomic mass is 10.0. The van der Waals surface area contributed by atoms with Gasteiger partial charge in [0.05, 0.1) is 39.9 Å². The number of quaternary nitrogens is 1. The van der Waals surface area contributed by atoms with E-state index in [0.717, 1.165) is 44.9 Å². The van der Waals surface area contributed by atoms with Gasteiger partial charge in [0.1, 0.15) is 13.2 Å². The fraction of sp³-hybridized carbons (Fsp3) is 0.896. The highest BCUT2D eigenvalue weighted by molar-refractivity contribution is 7.47. The third-order valence-electron chi connectivity index (χ3n) is 15.4. The number of aliphatic hydroxyl groups is 1. The molecule has 0 aromatic rings. The van der Waals surface area contributed by atoms with E-state index in [1.807, 2.05) is 27.2 Å². The lowest BCUT2D eigenvalue weighted by Crippen LogP contribution is -2.45. The van der Waals surface area contributed by atoms with E-state index in [4.69, 9.17) is 9.05 Å². The Morgan fingerprint density at radius 1 is 0.447 bits per heavy atom. The van der Waals surface area contributed by atoms with Crippen LogP contribution in [0, 0.1) is 0 Å². The molecular formula is C67H132N2O6P+. The molecule has 9 heteroatoms. The normalized spacial score (nSPS) is 13.9. The summed E-state index contributed by atoms with van der Waals surface area (Å²) >= 11 is 0. The van der Waals surface area contributed by atoms with Gasteiger partial charge < -0.3 is 19.8 Å². The number of nitrogens with zero attached hydrogens (tertiary/aromatic N) is 1. The van der Waals surface area contributed by atoms with Crippen molar-refractivity contribution in [1.82, 2.24) is 5.32 Å². The molecule has 0 saturated heterocycles. The summed E-state index contributed by atoms with van der Waals surface area (Å²) in [5.74, 6) is -0.173. The highest BCUT2D eigenvalue weighted by Gasteiger charge is 2.28. The van der Waals surface area contributed by atoms with Gasteiger partial charge in [-0.15, -0.1) is 0 Å². The number of phosphoric ester groups is 1. The minimum absolute atomic E-state index is 0.0629. The molecule has 0 radical (unpaired) electrons. The average Bonchev–Trinajstić information content (AvgIpc) is 3.38. The zero-order valence-electron chi connectivity index (χ0n) is 51.5. The molecule has 0 heterocycles. The van der Waals surface area contributed by atoms with Gasteiger partial charge in [0.15, 0.2) is 0 Å². The fourth-order valence-electron chi connectivity index (χ4n) is 10.1. The first-order chi connectivity index (χ1) is 37.0. The second-order valence-electron chi connectivity index (χ2n) is 24.2. The minimum Gasteiger partial charge on any atom is -0.387 e. The van der Waals surface area contributed by atoms with Crippen LogP contribution in [0.3, 0.4) is 0 Å². The molecule has 0 aliphatic carbocycles. The van der Waals surface area contributed by atoms with E-state index in [9.17, 15) is 19.4 Å². The SMILES string of the molecule is CCCCCCCCCCCCCCC/C=C/C(O)C(COP(=O)(O)OCC[N+](C)(C)C)NC(=O)CCCCCCCCCCCCCCCCCCC/C=C\C/C=C\CCCCCCCCCCCCCCCCC. The van der Waals surface area contributed by atoms with Gasteiger partial charge in [0, 0.05) is 6.42 Å². The minimum atomic E-state index is -4.35. The quantitative estimate of drug-likeness (QED) is 0.0243. The highest BCUT2D eigenvalue weighted by atomic mass is 31.2. The largest absolute Gasteiger partial charge is 0.472 e. The molecule has 76 heavy (non-hydrogen) atoms. The summed E-state index contributed by atoms with van der Waals surface area (Å²) < 4.78 is 23.7. The average molecular weight is 1090 g/mol. The van der Waals surface area contributed by atoms with Crippen LogP contribution in [0.2, 0.25) is 0 Å². The standard InChI is InChI=1S/C67H131N2O6P/c1-6-8-10-12-14-16-18-20-22-23-24-25-26-27-28-29-30-31-32-33-34-35-36-37-38-39-40-41-42-43-44-45-47-49-51-53-55-57-59-61-67(71)68-65(64-75-76(72,73)74-63-62-69(3,4)5)66(70)60-58-56-54-52-50-48-46-21-19-17-15-13-11-9-7-2/h30-31,33-34,58,60,65-66,70H,6-29,32,35-57,59,61-64H2,1-5H3,(H-,68,71,72,73)/p+1/b31-30-,34-33-,60-58+. The molecule has 0 aliphatic heterocycles. The Morgan fingerprint density at radius 3 is 1.08 bits per heavy atom. The molecule has 0 rings (SSSR count). The number of hydrogen-bond donors (Lipinski definition) is 3. The zero-order chi connectivity index (χ0) is 55.6. The molecule has 0 bridgehead atoms. The van der Waals surface area contributed by atoms with Crippen molar-refractivity contribution in [1.29, 1.82) is 0 Å². The van der Waals surface area contributed by atoms with Gasteiger partial charge in [-0.1, -0.05) is 314 Å². The molecule has 8 nitrogen and oxygen atoms in total. The Hall–Kier alpha value is -1.28. The summed E-state index contributed by atoms with van der Waals surface area (Å²) in [5, 5.41) is 13.9. The molecule has 0 spiro atoms. The van der Waals surface area contributed by atoms with E-state index in [2.05, 4.69) is 43.5 Å². The van der Waals surface area contributed by atoms with E-state index in [1.54, 1.807) is 6.08 Å². The van der Waals surface area contributed by atoms with Gasteiger partial charge >= 0.3 is 7.82 Å². The van der Waals surface area contributed by atoms with Crippen molar-refractivity contribution in [2.24, 2.45) is 0 Å². The number of nitrogens with one attached hydrogen (secondary N) is 1. The van der Waals surface area contributed by atoms with Crippen molar-refractivity contribution in [3.63, 3.8) is 0 Å². The Labute approximate surface area is 474 Å². The summed E-state index contributed by atoms with van der Waals surface area (Å²) in [6, 6.07) is -0.845. The lowest BCUT2D eigenvalue weighted by molar-refractivity contribution is -0.870. The van der Waals surface area contributed by atoms with Gasteiger partial charge in [-0.25, -0.2) is 4.57 Å². The number of carbonyl (C=O) groups excluding carboxylic acids is 1.